The third-order valence-corrected chi connectivity index (χ3v) is 3.57. The molecule has 0 bridgehead atoms. The lowest BCUT2D eigenvalue weighted by atomic mass is 10.2. The van der Waals surface area contributed by atoms with Crippen LogP contribution in [0.4, 0.5) is 4.39 Å². The summed E-state index contributed by atoms with van der Waals surface area (Å²) >= 11 is 0. The van der Waals surface area contributed by atoms with Crippen LogP contribution >= 0.6 is 0 Å². The highest BCUT2D eigenvalue weighted by Crippen LogP contribution is 2.19. The van der Waals surface area contributed by atoms with Crippen molar-refractivity contribution in [2.24, 2.45) is 0 Å². The maximum atomic E-state index is 12.9. The fraction of sp³-hybridized carbons (Fsp3) is 0.200. The minimum absolute atomic E-state index is 0.0392. The van der Waals surface area contributed by atoms with E-state index in [9.17, 15) is 12.8 Å². The highest BCUT2D eigenvalue weighted by atomic mass is 32.2. The lowest BCUT2D eigenvalue weighted by Crippen LogP contribution is -2.09. The van der Waals surface area contributed by atoms with Crippen molar-refractivity contribution < 1.29 is 17.0 Å². The molecule has 0 aliphatic rings. The summed E-state index contributed by atoms with van der Waals surface area (Å²) in [5.74, 6) is -0.595. The molecule has 2 rings (SSSR count). The van der Waals surface area contributed by atoms with E-state index in [1.807, 2.05) is 20.8 Å². The fourth-order valence-corrected chi connectivity index (χ4v) is 2.32. The summed E-state index contributed by atoms with van der Waals surface area (Å²) in [6.07, 6.45) is 0. The minimum atomic E-state index is -3.91. The molecular formula is C15H17FO3S. The summed E-state index contributed by atoms with van der Waals surface area (Å²) in [6.45, 7) is 5.85. The van der Waals surface area contributed by atoms with Gasteiger partial charge in [-0.1, -0.05) is 37.6 Å². The molecule has 3 nitrogen and oxygen atoms in total. The van der Waals surface area contributed by atoms with Crippen LogP contribution in [0.1, 0.15) is 19.4 Å². The van der Waals surface area contributed by atoms with E-state index in [0.29, 0.717) is 0 Å². The first-order valence-electron chi connectivity index (χ1n) is 6.24. The van der Waals surface area contributed by atoms with Gasteiger partial charge in [0.1, 0.15) is 16.5 Å². The number of aryl methyl sites for hydroxylation is 1. The van der Waals surface area contributed by atoms with Crippen molar-refractivity contribution in [1.82, 2.24) is 0 Å². The number of hydrogen-bond donors (Lipinski definition) is 0. The van der Waals surface area contributed by atoms with Crippen LogP contribution in [0.2, 0.25) is 0 Å². The molecule has 0 saturated carbocycles. The summed E-state index contributed by atoms with van der Waals surface area (Å²) in [7, 11) is -3.91. The second kappa shape index (κ2) is 7.05. The highest BCUT2D eigenvalue weighted by molar-refractivity contribution is 7.87. The minimum Gasteiger partial charge on any atom is -0.379 e. The van der Waals surface area contributed by atoms with E-state index in [0.717, 1.165) is 11.6 Å². The summed E-state index contributed by atoms with van der Waals surface area (Å²) in [6, 6.07) is 11.2. The van der Waals surface area contributed by atoms with Crippen LogP contribution < -0.4 is 4.18 Å². The maximum Gasteiger partial charge on any atom is 0.339 e. The Labute approximate surface area is 119 Å². The van der Waals surface area contributed by atoms with E-state index >= 15 is 0 Å². The largest absolute Gasteiger partial charge is 0.379 e. The van der Waals surface area contributed by atoms with Gasteiger partial charge < -0.3 is 4.18 Å². The van der Waals surface area contributed by atoms with Gasteiger partial charge in [0.25, 0.3) is 0 Å². The Hall–Kier alpha value is -1.88. The summed E-state index contributed by atoms with van der Waals surface area (Å²) in [5.41, 5.74) is 0.944. The van der Waals surface area contributed by atoms with Gasteiger partial charge in [-0.3, -0.25) is 0 Å². The zero-order valence-corrected chi connectivity index (χ0v) is 12.4. The molecule has 0 unspecified atom stereocenters. The average molecular weight is 296 g/mol. The molecule has 108 valence electrons. The Morgan fingerprint density at radius 1 is 1.00 bits per heavy atom. The van der Waals surface area contributed by atoms with Crippen molar-refractivity contribution >= 4 is 10.1 Å². The Bertz CT molecular complexity index is 649. The van der Waals surface area contributed by atoms with Crippen LogP contribution in [-0.2, 0) is 10.1 Å². The van der Waals surface area contributed by atoms with Crippen LogP contribution in [0.3, 0.4) is 0 Å². The molecule has 0 atom stereocenters. The van der Waals surface area contributed by atoms with Crippen LogP contribution in [0.5, 0.6) is 5.75 Å². The molecule has 0 radical (unpaired) electrons. The van der Waals surface area contributed by atoms with Gasteiger partial charge in [-0.05, 0) is 31.2 Å². The molecular weight excluding hydrogens is 279 g/mol. The molecule has 0 spiro atoms. The van der Waals surface area contributed by atoms with Gasteiger partial charge in [0.05, 0.1) is 0 Å². The van der Waals surface area contributed by atoms with E-state index < -0.39 is 15.9 Å². The Balaban J connectivity index is 0.000000956. The van der Waals surface area contributed by atoms with E-state index in [1.54, 1.807) is 12.1 Å². The van der Waals surface area contributed by atoms with Crippen molar-refractivity contribution in [3.63, 3.8) is 0 Å². The standard InChI is InChI=1S/C13H11FO3S.C2H6/c1-10-5-7-13(8-6-10)18(15,16)17-12-4-2-3-11(14)9-12;1-2/h2-9H,1H3;1-2H3. The number of benzene rings is 2. The van der Waals surface area contributed by atoms with Gasteiger partial charge in [0, 0.05) is 6.07 Å². The molecule has 0 aliphatic carbocycles. The predicted octanol–water partition coefficient (Wildman–Crippen LogP) is 3.93. The number of halogens is 1. The van der Waals surface area contributed by atoms with Gasteiger partial charge in [-0.15, -0.1) is 0 Å². The molecule has 2 aromatic carbocycles. The quantitative estimate of drug-likeness (QED) is 0.806. The molecule has 0 fully saturated rings. The third-order valence-electron chi connectivity index (χ3n) is 2.31. The zero-order valence-electron chi connectivity index (χ0n) is 11.6. The van der Waals surface area contributed by atoms with Crippen LogP contribution in [0.15, 0.2) is 53.4 Å². The van der Waals surface area contributed by atoms with Crippen LogP contribution in [-0.4, -0.2) is 8.42 Å². The molecule has 20 heavy (non-hydrogen) atoms. The van der Waals surface area contributed by atoms with Gasteiger partial charge in [-0.2, -0.15) is 8.42 Å². The van der Waals surface area contributed by atoms with Crippen molar-refractivity contribution in [3.8, 4) is 5.75 Å². The Kier molecular flexibility index (Phi) is 5.70. The van der Waals surface area contributed by atoms with E-state index in [1.165, 1.54) is 30.3 Å². The lowest BCUT2D eigenvalue weighted by molar-refractivity contribution is 0.483. The normalized spacial score (nSPS) is 10.4. The number of hydrogen-bond acceptors (Lipinski definition) is 3. The Morgan fingerprint density at radius 3 is 2.15 bits per heavy atom. The predicted molar refractivity (Wildman–Crippen MR) is 76.7 cm³/mol. The van der Waals surface area contributed by atoms with E-state index in [4.69, 9.17) is 4.18 Å². The SMILES string of the molecule is CC.Cc1ccc(S(=O)(=O)Oc2cccc(F)c2)cc1. The lowest BCUT2D eigenvalue weighted by Gasteiger charge is -2.07. The molecule has 2 aromatic rings. The van der Waals surface area contributed by atoms with Gasteiger partial charge >= 0.3 is 10.1 Å². The topological polar surface area (TPSA) is 43.4 Å². The third kappa shape index (κ3) is 4.35. The highest BCUT2D eigenvalue weighted by Gasteiger charge is 2.16. The molecule has 0 saturated heterocycles. The van der Waals surface area contributed by atoms with Crippen molar-refractivity contribution in [2.45, 2.75) is 25.7 Å². The molecule has 0 aliphatic heterocycles. The molecule has 0 heterocycles. The second-order valence-electron chi connectivity index (χ2n) is 3.81. The van der Waals surface area contributed by atoms with Crippen molar-refractivity contribution in [3.05, 3.63) is 59.9 Å². The van der Waals surface area contributed by atoms with Crippen LogP contribution in [0, 0.1) is 12.7 Å². The second-order valence-corrected chi connectivity index (χ2v) is 5.35. The summed E-state index contributed by atoms with van der Waals surface area (Å²) < 4.78 is 41.5. The van der Waals surface area contributed by atoms with E-state index in [2.05, 4.69) is 0 Å². The molecule has 0 amide bonds. The summed E-state index contributed by atoms with van der Waals surface area (Å²) in [5, 5.41) is 0. The maximum absolute atomic E-state index is 12.9. The first-order valence-corrected chi connectivity index (χ1v) is 7.65. The first kappa shape index (κ1) is 16.2. The fourth-order valence-electron chi connectivity index (χ4n) is 1.40. The van der Waals surface area contributed by atoms with Crippen molar-refractivity contribution in [1.29, 1.82) is 0 Å². The zero-order chi connectivity index (χ0) is 15.2. The molecule has 0 N–H and O–H groups in total. The van der Waals surface area contributed by atoms with E-state index in [-0.39, 0.29) is 10.6 Å². The van der Waals surface area contributed by atoms with Gasteiger partial charge in [-0.25, -0.2) is 4.39 Å². The smallest absolute Gasteiger partial charge is 0.339 e. The molecule has 5 heteroatoms. The Morgan fingerprint density at radius 2 is 1.60 bits per heavy atom. The monoisotopic (exact) mass is 296 g/mol. The van der Waals surface area contributed by atoms with Crippen molar-refractivity contribution in [2.75, 3.05) is 0 Å². The van der Waals surface area contributed by atoms with Gasteiger partial charge in [0.2, 0.25) is 0 Å². The summed E-state index contributed by atoms with van der Waals surface area (Å²) in [4.78, 5) is 0.0392. The average Bonchev–Trinajstić information content (AvgIpc) is 2.41. The van der Waals surface area contributed by atoms with Crippen LogP contribution in [0.25, 0.3) is 0 Å². The first-order chi connectivity index (χ1) is 9.47. The number of rotatable bonds is 3. The molecule has 0 aromatic heterocycles. The van der Waals surface area contributed by atoms with Gasteiger partial charge in [0.15, 0.2) is 0 Å².